The fourth-order valence-electron chi connectivity index (χ4n) is 3.20. The predicted molar refractivity (Wildman–Crippen MR) is 73.3 cm³/mol. The average Bonchev–Trinajstić information content (AvgIpc) is 3.13. The number of nitrogens with two attached hydrogens (primary N) is 1. The van der Waals surface area contributed by atoms with Crippen LogP contribution in [0.5, 0.6) is 0 Å². The summed E-state index contributed by atoms with van der Waals surface area (Å²) in [5, 5.41) is 3.53. The molecular weight excluding hydrogens is 226 g/mol. The Bertz CT molecular complexity index is 303. The molecular formula is C14H27N3O. The molecule has 2 atom stereocenters. The second-order valence-electron chi connectivity index (χ2n) is 6.10. The van der Waals surface area contributed by atoms with Crippen LogP contribution in [0.1, 0.15) is 51.9 Å². The molecule has 0 radical (unpaired) electrons. The van der Waals surface area contributed by atoms with Crippen molar-refractivity contribution in [1.29, 1.82) is 0 Å². The van der Waals surface area contributed by atoms with E-state index in [-0.39, 0.29) is 5.91 Å². The molecule has 0 aliphatic heterocycles. The minimum atomic E-state index is -0.438. The molecule has 0 aromatic heterocycles. The molecule has 2 saturated carbocycles. The van der Waals surface area contributed by atoms with Crippen molar-refractivity contribution < 1.29 is 4.79 Å². The van der Waals surface area contributed by atoms with Crippen molar-refractivity contribution >= 4 is 5.91 Å². The van der Waals surface area contributed by atoms with Crippen LogP contribution in [-0.2, 0) is 4.79 Å². The summed E-state index contributed by atoms with van der Waals surface area (Å²) in [4.78, 5) is 14.3. The van der Waals surface area contributed by atoms with Crippen LogP contribution in [0.3, 0.4) is 0 Å². The second kappa shape index (κ2) is 5.57. The third kappa shape index (κ3) is 3.04. The van der Waals surface area contributed by atoms with E-state index in [2.05, 4.69) is 24.2 Å². The highest BCUT2D eigenvalue weighted by atomic mass is 16.1. The topological polar surface area (TPSA) is 58.4 Å². The Morgan fingerprint density at radius 1 is 1.44 bits per heavy atom. The number of hydrogen-bond donors (Lipinski definition) is 2. The largest absolute Gasteiger partial charge is 0.368 e. The van der Waals surface area contributed by atoms with Crippen molar-refractivity contribution in [2.75, 3.05) is 13.6 Å². The molecule has 18 heavy (non-hydrogen) atoms. The van der Waals surface area contributed by atoms with Gasteiger partial charge in [0.05, 0.1) is 5.54 Å². The normalized spacial score (nSPS) is 32.7. The van der Waals surface area contributed by atoms with Crippen LogP contribution in [0.15, 0.2) is 0 Å². The summed E-state index contributed by atoms with van der Waals surface area (Å²) in [6.45, 7) is 3.30. The number of hydrogen-bond acceptors (Lipinski definition) is 3. The van der Waals surface area contributed by atoms with Gasteiger partial charge in [0, 0.05) is 12.1 Å². The predicted octanol–water partition coefficient (Wildman–Crippen LogP) is 1.25. The molecule has 0 aromatic carbocycles. The maximum Gasteiger partial charge on any atom is 0.237 e. The standard InChI is InChI=1S/C14H27N3O/c1-3-9-17(2)12-5-4-8-14(10-12,13(15)18)16-11-6-7-11/h11-12,16H,3-10H2,1-2H3,(H2,15,18). The Labute approximate surface area is 110 Å². The molecule has 4 heteroatoms. The maximum atomic E-state index is 11.9. The van der Waals surface area contributed by atoms with Crippen molar-refractivity contribution in [1.82, 2.24) is 10.2 Å². The molecule has 0 bridgehead atoms. The summed E-state index contributed by atoms with van der Waals surface area (Å²) >= 11 is 0. The molecule has 0 spiro atoms. The van der Waals surface area contributed by atoms with Crippen LogP contribution in [0.25, 0.3) is 0 Å². The molecule has 4 nitrogen and oxygen atoms in total. The van der Waals surface area contributed by atoms with Crippen LogP contribution < -0.4 is 11.1 Å². The zero-order valence-corrected chi connectivity index (χ0v) is 11.7. The molecule has 0 heterocycles. The minimum absolute atomic E-state index is 0.149. The summed E-state index contributed by atoms with van der Waals surface area (Å²) in [6, 6.07) is 1.03. The smallest absolute Gasteiger partial charge is 0.237 e. The van der Waals surface area contributed by atoms with Gasteiger partial charge in [0.25, 0.3) is 0 Å². The van der Waals surface area contributed by atoms with Crippen LogP contribution in [0, 0.1) is 0 Å². The third-order valence-corrected chi connectivity index (χ3v) is 4.45. The molecule has 2 aliphatic rings. The Morgan fingerprint density at radius 2 is 2.17 bits per heavy atom. The summed E-state index contributed by atoms with van der Waals surface area (Å²) in [6.07, 6.45) is 7.64. The molecule has 104 valence electrons. The van der Waals surface area contributed by atoms with Gasteiger partial charge in [-0.2, -0.15) is 0 Å². The fourth-order valence-corrected chi connectivity index (χ4v) is 3.20. The van der Waals surface area contributed by atoms with Crippen LogP contribution in [0.2, 0.25) is 0 Å². The lowest BCUT2D eigenvalue weighted by atomic mass is 9.77. The van der Waals surface area contributed by atoms with E-state index >= 15 is 0 Å². The van der Waals surface area contributed by atoms with E-state index in [9.17, 15) is 4.79 Å². The van der Waals surface area contributed by atoms with Crippen LogP contribution in [-0.4, -0.2) is 42.0 Å². The molecule has 2 aliphatic carbocycles. The van der Waals surface area contributed by atoms with Gasteiger partial charge < -0.3 is 16.0 Å². The summed E-state index contributed by atoms with van der Waals surface area (Å²) < 4.78 is 0. The van der Waals surface area contributed by atoms with Gasteiger partial charge in [-0.25, -0.2) is 0 Å². The van der Waals surface area contributed by atoms with E-state index in [4.69, 9.17) is 5.73 Å². The fraction of sp³-hybridized carbons (Fsp3) is 0.929. The summed E-state index contributed by atoms with van der Waals surface area (Å²) in [7, 11) is 2.17. The Morgan fingerprint density at radius 3 is 2.72 bits per heavy atom. The molecule has 2 fully saturated rings. The highest BCUT2D eigenvalue weighted by Crippen LogP contribution is 2.34. The van der Waals surface area contributed by atoms with Gasteiger partial charge in [0.2, 0.25) is 5.91 Å². The zero-order valence-electron chi connectivity index (χ0n) is 11.7. The van der Waals surface area contributed by atoms with Crippen molar-refractivity contribution in [3.05, 3.63) is 0 Å². The lowest BCUT2D eigenvalue weighted by Crippen LogP contribution is -2.61. The van der Waals surface area contributed by atoms with Gasteiger partial charge in [-0.15, -0.1) is 0 Å². The van der Waals surface area contributed by atoms with E-state index < -0.39 is 5.54 Å². The molecule has 0 aromatic rings. The monoisotopic (exact) mass is 253 g/mol. The van der Waals surface area contributed by atoms with Crippen molar-refractivity contribution in [2.45, 2.75) is 69.5 Å². The molecule has 1 amide bonds. The first-order chi connectivity index (χ1) is 8.57. The second-order valence-corrected chi connectivity index (χ2v) is 6.10. The molecule has 0 saturated heterocycles. The average molecular weight is 253 g/mol. The SMILES string of the molecule is CCCN(C)C1CCCC(NC2CC2)(C(N)=O)C1. The number of nitrogens with one attached hydrogen (secondary N) is 1. The van der Waals surface area contributed by atoms with Gasteiger partial charge in [0.15, 0.2) is 0 Å². The quantitative estimate of drug-likeness (QED) is 0.749. The zero-order chi connectivity index (χ0) is 13.2. The Kier molecular flexibility index (Phi) is 4.28. The molecule has 2 unspecified atom stereocenters. The highest BCUT2D eigenvalue weighted by Gasteiger charge is 2.45. The first-order valence-corrected chi connectivity index (χ1v) is 7.35. The van der Waals surface area contributed by atoms with Gasteiger partial charge >= 0.3 is 0 Å². The van der Waals surface area contributed by atoms with E-state index in [1.165, 1.54) is 19.3 Å². The summed E-state index contributed by atoms with van der Waals surface area (Å²) in [5.41, 5.74) is 5.26. The van der Waals surface area contributed by atoms with Crippen LogP contribution >= 0.6 is 0 Å². The lowest BCUT2D eigenvalue weighted by Gasteiger charge is -2.42. The maximum absolute atomic E-state index is 11.9. The number of carbonyl (C=O) groups excluding carboxylic acids is 1. The number of amides is 1. The van der Waals surface area contributed by atoms with E-state index in [1.807, 2.05) is 0 Å². The van der Waals surface area contributed by atoms with Gasteiger partial charge in [-0.3, -0.25) is 4.79 Å². The lowest BCUT2D eigenvalue weighted by molar-refractivity contribution is -0.126. The minimum Gasteiger partial charge on any atom is -0.368 e. The van der Waals surface area contributed by atoms with E-state index in [0.29, 0.717) is 12.1 Å². The van der Waals surface area contributed by atoms with Crippen molar-refractivity contribution in [2.24, 2.45) is 5.73 Å². The number of primary amides is 1. The van der Waals surface area contributed by atoms with Crippen molar-refractivity contribution in [3.8, 4) is 0 Å². The molecule has 3 N–H and O–H groups in total. The summed E-state index contributed by atoms with van der Waals surface area (Å²) in [5.74, 6) is -0.149. The number of nitrogens with zero attached hydrogens (tertiary/aromatic N) is 1. The number of carbonyl (C=O) groups is 1. The van der Waals surface area contributed by atoms with Crippen molar-refractivity contribution in [3.63, 3.8) is 0 Å². The Balaban J connectivity index is 2.02. The van der Waals surface area contributed by atoms with Gasteiger partial charge in [0.1, 0.15) is 0 Å². The van der Waals surface area contributed by atoms with Gasteiger partial charge in [-0.1, -0.05) is 6.92 Å². The number of rotatable bonds is 6. The third-order valence-electron chi connectivity index (χ3n) is 4.45. The highest BCUT2D eigenvalue weighted by molar-refractivity contribution is 5.85. The van der Waals surface area contributed by atoms with E-state index in [0.717, 1.165) is 32.2 Å². The molecule has 2 rings (SSSR count). The first-order valence-electron chi connectivity index (χ1n) is 7.35. The first kappa shape index (κ1) is 13.8. The Hall–Kier alpha value is -0.610. The van der Waals surface area contributed by atoms with Gasteiger partial charge in [-0.05, 0) is 58.5 Å². The van der Waals surface area contributed by atoms with Crippen LogP contribution in [0.4, 0.5) is 0 Å². The van der Waals surface area contributed by atoms with E-state index in [1.54, 1.807) is 0 Å².